The molecule has 0 saturated carbocycles. The van der Waals surface area contributed by atoms with Crippen LogP contribution in [-0.2, 0) is 21.2 Å². The molecule has 3 rings (SSSR count). The molecule has 0 radical (unpaired) electrons. The predicted octanol–water partition coefficient (Wildman–Crippen LogP) is 4.06. The minimum atomic E-state index is -3.49. The van der Waals surface area contributed by atoms with E-state index < -0.39 is 16.1 Å². The lowest BCUT2D eigenvalue weighted by atomic mass is 10.0. The van der Waals surface area contributed by atoms with Crippen molar-refractivity contribution in [3.05, 3.63) is 63.1 Å². The van der Waals surface area contributed by atoms with Crippen LogP contribution in [0.3, 0.4) is 0 Å². The Labute approximate surface area is 172 Å². The molecule has 8 heteroatoms. The van der Waals surface area contributed by atoms with E-state index in [9.17, 15) is 13.2 Å². The van der Waals surface area contributed by atoms with Crippen LogP contribution in [0.25, 0.3) is 0 Å². The fourth-order valence-corrected chi connectivity index (χ4v) is 4.70. The Hall–Kier alpha value is -1.41. The van der Waals surface area contributed by atoms with Crippen molar-refractivity contribution in [2.45, 2.75) is 31.8 Å². The van der Waals surface area contributed by atoms with Gasteiger partial charge in [-0.3, -0.25) is 4.79 Å². The smallest absolute Gasteiger partial charge is 0.229 e. The van der Waals surface area contributed by atoms with E-state index >= 15 is 0 Å². The molecule has 27 heavy (non-hydrogen) atoms. The van der Waals surface area contributed by atoms with Crippen LogP contribution in [0.5, 0.6) is 0 Å². The molecule has 2 aromatic carbocycles. The number of hydrogen-bond acceptors (Lipinski definition) is 3. The first-order valence-corrected chi connectivity index (χ1v) is 11.5. The first-order valence-electron chi connectivity index (χ1n) is 8.47. The molecule has 0 fully saturated rings. The number of benzene rings is 2. The van der Waals surface area contributed by atoms with Gasteiger partial charge in [0, 0.05) is 27.6 Å². The summed E-state index contributed by atoms with van der Waals surface area (Å²) in [5.41, 5.74) is 2.68. The van der Waals surface area contributed by atoms with Crippen LogP contribution in [0.1, 0.15) is 30.5 Å². The summed E-state index contributed by atoms with van der Waals surface area (Å²) in [5.74, 6) is -0.125. The molecule has 1 aliphatic rings. The lowest BCUT2D eigenvalue weighted by Crippen LogP contribution is -2.39. The Morgan fingerprint density at radius 2 is 1.96 bits per heavy atom. The van der Waals surface area contributed by atoms with Gasteiger partial charge in [-0.05, 0) is 54.8 Å². The molecule has 0 aromatic heterocycles. The van der Waals surface area contributed by atoms with Gasteiger partial charge in [-0.25, -0.2) is 13.1 Å². The maximum atomic E-state index is 13.1. The van der Waals surface area contributed by atoms with Crippen LogP contribution < -0.4 is 9.62 Å². The number of anilines is 1. The number of nitrogens with zero attached hydrogens (tertiary/aromatic N) is 1. The van der Waals surface area contributed by atoms with Crippen molar-refractivity contribution in [2.24, 2.45) is 0 Å². The van der Waals surface area contributed by atoms with Crippen LogP contribution in [0.4, 0.5) is 5.69 Å². The highest BCUT2D eigenvalue weighted by Gasteiger charge is 2.32. The largest absolute Gasteiger partial charge is 0.309 e. The van der Waals surface area contributed by atoms with Gasteiger partial charge in [-0.2, -0.15) is 0 Å². The van der Waals surface area contributed by atoms with E-state index in [-0.39, 0.29) is 18.4 Å². The lowest BCUT2D eigenvalue weighted by molar-refractivity contribution is -0.119. The zero-order valence-electron chi connectivity index (χ0n) is 14.9. The molecular weight excluding hydrogens is 452 g/mol. The van der Waals surface area contributed by atoms with Crippen LogP contribution in [0.2, 0.25) is 5.02 Å². The summed E-state index contributed by atoms with van der Waals surface area (Å²) < 4.78 is 27.2. The highest BCUT2D eigenvalue weighted by Crippen LogP contribution is 2.35. The van der Waals surface area contributed by atoms with Crippen molar-refractivity contribution in [2.75, 3.05) is 11.2 Å². The van der Waals surface area contributed by atoms with Crippen molar-refractivity contribution in [1.82, 2.24) is 4.72 Å². The van der Waals surface area contributed by atoms with Crippen LogP contribution in [0, 0.1) is 0 Å². The van der Waals surface area contributed by atoms with Crippen LogP contribution in [-0.4, -0.2) is 26.6 Å². The van der Waals surface area contributed by atoms with Gasteiger partial charge in [0.25, 0.3) is 0 Å². The molecule has 0 saturated heterocycles. The number of amides is 1. The summed E-state index contributed by atoms with van der Waals surface area (Å²) in [6.07, 6.45) is 1.88. The molecule has 1 heterocycles. The third kappa shape index (κ3) is 4.90. The van der Waals surface area contributed by atoms with E-state index in [0.717, 1.165) is 28.4 Å². The second-order valence-corrected chi connectivity index (χ2v) is 9.92. The van der Waals surface area contributed by atoms with Crippen LogP contribution >= 0.6 is 27.5 Å². The minimum Gasteiger partial charge on any atom is -0.309 e. The summed E-state index contributed by atoms with van der Waals surface area (Å²) in [6.45, 7) is 1.99. The second kappa shape index (κ2) is 7.91. The van der Waals surface area contributed by atoms with Gasteiger partial charge >= 0.3 is 0 Å². The predicted molar refractivity (Wildman–Crippen MR) is 112 cm³/mol. The quantitative estimate of drug-likeness (QED) is 0.715. The number of carbonyl (C=O) groups is 1. The zero-order valence-corrected chi connectivity index (χ0v) is 18.1. The van der Waals surface area contributed by atoms with Gasteiger partial charge in [0.2, 0.25) is 15.9 Å². The average molecular weight is 472 g/mol. The first-order chi connectivity index (χ1) is 12.6. The van der Waals surface area contributed by atoms with E-state index in [1.165, 1.54) is 0 Å². The fraction of sp³-hybridized carbons (Fsp3) is 0.316. The average Bonchev–Trinajstić information content (AvgIpc) is 2.88. The van der Waals surface area contributed by atoms with Crippen LogP contribution in [0.15, 0.2) is 46.9 Å². The first kappa shape index (κ1) is 20.3. The summed E-state index contributed by atoms with van der Waals surface area (Å²) in [4.78, 5) is 14.9. The van der Waals surface area contributed by atoms with Gasteiger partial charge in [0.1, 0.15) is 0 Å². The molecule has 2 aromatic rings. The lowest BCUT2D eigenvalue weighted by Gasteiger charge is -2.26. The number of carbonyl (C=O) groups excluding carboxylic acids is 1. The normalized spacial score (nSPS) is 17.6. The number of rotatable bonds is 5. The van der Waals surface area contributed by atoms with E-state index in [2.05, 4.69) is 20.7 Å². The monoisotopic (exact) mass is 470 g/mol. The number of hydrogen-bond donors (Lipinski definition) is 1. The summed E-state index contributed by atoms with van der Waals surface area (Å²) >= 11 is 9.39. The topological polar surface area (TPSA) is 66.5 Å². The van der Waals surface area contributed by atoms with Gasteiger partial charge in [-0.1, -0.05) is 39.7 Å². The zero-order chi connectivity index (χ0) is 19.8. The molecule has 0 spiro atoms. The Morgan fingerprint density at radius 3 is 2.59 bits per heavy atom. The SMILES string of the molecule is C[C@H]1Cc2cc(Br)ccc2N1C(=O)C[C@@H](NS(C)(=O)=O)c1ccc(Cl)cc1. The number of halogens is 2. The molecule has 2 atom stereocenters. The van der Waals surface area contributed by atoms with Crippen molar-refractivity contribution >= 4 is 49.1 Å². The molecular formula is C19H20BrClN2O3S. The Kier molecular flexibility index (Phi) is 5.96. The third-order valence-electron chi connectivity index (χ3n) is 4.53. The van der Waals surface area contributed by atoms with E-state index in [0.29, 0.717) is 10.6 Å². The Balaban J connectivity index is 1.87. The minimum absolute atomic E-state index is 0.0194. The molecule has 144 valence electrons. The van der Waals surface area contributed by atoms with Gasteiger partial charge < -0.3 is 4.90 Å². The molecule has 1 aliphatic heterocycles. The summed E-state index contributed by atoms with van der Waals surface area (Å²) in [5, 5.41) is 0.552. The molecule has 5 nitrogen and oxygen atoms in total. The molecule has 0 aliphatic carbocycles. The van der Waals surface area contributed by atoms with Gasteiger partial charge in [0.15, 0.2) is 0 Å². The third-order valence-corrected chi connectivity index (χ3v) is 5.99. The summed E-state index contributed by atoms with van der Waals surface area (Å²) in [6, 6.07) is 12.0. The van der Waals surface area contributed by atoms with Crippen molar-refractivity contribution in [3.8, 4) is 0 Å². The van der Waals surface area contributed by atoms with Crippen molar-refractivity contribution < 1.29 is 13.2 Å². The highest BCUT2D eigenvalue weighted by atomic mass is 79.9. The Morgan fingerprint density at radius 1 is 1.30 bits per heavy atom. The standard InChI is InChI=1S/C19H20BrClN2O3S/c1-12-9-14-10-15(20)5-8-18(14)23(12)19(24)11-17(22-27(2,25)26)13-3-6-16(21)7-4-13/h3-8,10,12,17,22H,9,11H2,1-2H3/t12-,17+/m0/s1. The van der Waals surface area contributed by atoms with E-state index in [1.54, 1.807) is 29.2 Å². The number of nitrogens with one attached hydrogen (secondary N) is 1. The highest BCUT2D eigenvalue weighted by molar-refractivity contribution is 9.10. The van der Waals surface area contributed by atoms with E-state index in [1.807, 2.05) is 25.1 Å². The second-order valence-electron chi connectivity index (χ2n) is 6.79. The fourth-order valence-electron chi connectivity index (χ4n) is 3.43. The maximum Gasteiger partial charge on any atom is 0.229 e. The molecule has 0 unspecified atom stereocenters. The van der Waals surface area contributed by atoms with E-state index in [4.69, 9.17) is 11.6 Å². The Bertz CT molecular complexity index is 963. The van der Waals surface area contributed by atoms with Crippen molar-refractivity contribution in [3.63, 3.8) is 0 Å². The number of fused-ring (bicyclic) bond motifs is 1. The maximum absolute atomic E-state index is 13.1. The molecule has 1 amide bonds. The number of sulfonamides is 1. The molecule has 0 bridgehead atoms. The van der Waals surface area contributed by atoms with Gasteiger partial charge in [0.05, 0.1) is 12.3 Å². The van der Waals surface area contributed by atoms with Gasteiger partial charge in [-0.15, -0.1) is 0 Å². The van der Waals surface area contributed by atoms with Crippen molar-refractivity contribution in [1.29, 1.82) is 0 Å². The summed E-state index contributed by atoms with van der Waals surface area (Å²) in [7, 11) is -3.49. The molecule has 1 N–H and O–H groups in total.